The molecule has 1 atom stereocenters. The Labute approximate surface area is 168 Å². The van der Waals surface area contributed by atoms with E-state index in [0.29, 0.717) is 5.56 Å². The van der Waals surface area contributed by atoms with Crippen LogP contribution in [0, 0.1) is 5.82 Å². The lowest BCUT2D eigenvalue weighted by Gasteiger charge is -2.27. The highest BCUT2D eigenvalue weighted by Gasteiger charge is 2.17. The van der Waals surface area contributed by atoms with Gasteiger partial charge in [0, 0.05) is 11.6 Å². The second-order valence-corrected chi connectivity index (χ2v) is 6.69. The van der Waals surface area contributed by atoms with Gasteiger partial charge in [-0.2, -0.15) is 0 Å². The van der Waals surface area contributed by atoms with E-state index in [9.17, 15) is 23.1 Å². The number of carboxylic acid groups (broad SMARTS) is 1. The van der Waals surface area contributed by atoms with Crippen molar-refractivity contribution in [3.63, 3.8) is 0 Å². The second kappa shape index (κ2) is 8.29. The number of ether oxygens (including phenoxy) is 1. The van der Waals surface area contributed by atoms with Gasteiger partial charge in [0.2, 0.25) is 0 Å². The predicted molar refractivity (Wildman–Crippen MR) is 105 cm³/mol. The molecule has 0 aliphatic rings. The molecule has 0 bridgehead atoms. The Balaban J connectivity index is 2.09. The molecule has 2 N–H and O–H groups in total. The minimum atomic E-state index is -2.80. The van der Waals surface area contributed by atoms with E-state index in [1.807, 2.05) is 0 Å². The summed E-state index contributed by atoms with van der Waals surface area (Å²) >= 11 is -2.80. The number of phenols is 1. The van der Waals surface area contributed by atoms with Crippen LogP contribution in [-0.4, -0.2) is 32.1 Å². The summed E-state index contributed by atoms with van der Waals surface area (Å²) < 4.78 is 44.2. The Morgan fingerprint density at radius 2 is 1.79 bits per heavy atom. The number of anilines is 2. The predicted octanol–water partition coefficient (Wildman–Crippen LogP) is 3.84. The van der Waals surface area contributed by atoms with E-state index in [2.05, 4.69) is 0 Å². The second-order valence-electron chi connectivity index (χ2n) is 5.89. The molecule has 0 heterocycles. The molecule has 1 unspecified atom stereocenters. The highest BCUT2D eigenvalue weighted by atomic mass is 32.2. The molecule has 0 saturated heterocycles. The Morgan fingerprint density at radius 1 is 1.10 bits per heavy atom. The minimum Gasteiger partial charge on any atom is -0.755 e. The third-order valence-electron chi connectivity index (χ3n) is 4.17. The van der Waals surface area contributed by atoms with Crippen molar-refractivity contribution in [3.8, 4) is 22.6 Å². The molecule has 9 heteroatoms. The Hall–Kier alpha value is -3.43. The van der Waals surface area contributed by atoms with E-state index in [1.54, 1.807) is 18.2 Å². The SMILES string of the molecule is COc1cccc(-c2cccc(N(c3ccc(C(=O)O)c(O)c3)S(=O)[O-])c2)c1F. The fraction of sp³-hybridized carbons (Fsp3) is 0.0500. The number of rotatable bonds is 6. The molecule has 7 nitrogen and oxygen atoms in total. The third-order valence-corrected chi connectivity index (χ3v) is 4.89. The topological polar surface area (TPSA) is 110 Å². The van der Waals surface area contributed by atoms with E-state index in [-0.39, 0.29) is 28.3 Å². The van der Waals surface area contributed by atoms with E-state index in [4.69, 9.17) is 9.84 Å². The zero-order valence-electron chi connectivity index (χ0n) is 15.0. The van der Waals surface area contributed by atoms with Crippen molar-refractivity contribution in [1.82, 2.24) is 0 Å². The van der Waals surface area contributed by atoms with Gasteiger partial charge in [0.25, 0.3) is 0 Å². The number of aromatic carboxylic acids is 1. The van der Waals surface area contributed by atoms with Crippen LogP contribution in [0.5, 0.6) is 11.5 Å². The minimum absolute atomic E-state index is 0.0177. The number of methoxy groups -OCH3 is 1. The highest BCUT2D eigenvalue weighted by Crippen LogP contribution is 2.35. The Morgan fingerprint density at radius 3 is 2.41 bits per heavy atom. The monoisotopic (exact) mass is 416 g/mol. The molecule has 29 heavy (non-hydrogen) atoms. The van der Waals surface area contributed by atoms with Gasteiger partial charge in [0.05, 0.1) is 29.8 Å². The van der Waals surface area contributed by atoms with Crippen molar-refractivity contribution in [1.29, 1.82) is 0 Å². The number of aromatic hydroxyl groups is 1. The van der Waals surface area contributed by atoms with Crippen molar-refractivity contribution >= 4 is 28.6 Å². The number of carboxylic acids is 1. The number of halogens is 1. The van der Waals surface area contributed by atoms with Gasteiger partial charge in [-0.05, 0) is 35.9 Å². The normalized spacial score (nSPS) is 11.7. The maximum Gasteiger partial charge on any atom is 0.339 e. The summed E-state index contributed by atoms with van der Waals surface area (Å²) in [4.78, 5) is 11.1. The summed E-state index contributed by atoms with van der Waals surface area (Å²) in [6.07, 6.45) is 0. The first-order chi connectivity index (χ1) is 13.8. The lowest BCUT2D eigenvalue weighted by atomic mass is 10.0. The standard InChI is InChI=1S/C20H16FNO6S/c1-28-18-7-3-6-15(19(18)21)12-4-2-5-13(10-12)22(29(26)27)14-8-9-16(20(24)25)17(23)11-14/h2-11,23H,1H3,(H,24,25)(H,26,27)/p-1. The first-order valence-electron chi connectivity index (χ1n) is 8.22. The quantitative estimate of drug-likeness (QED) is 0.591. The van der Waals surface area contributed by atoms with Crippen molar-refractivity contribution in [2.24, 2.45) is 0 Å². The highest BCUT2D eigenvalue weighted by molar-refractivity contribution is 7.81. The first kappa shape index (κ1) is 20.3. The molecule has 3 aromatic carbocycles. The summed E-state index contributed by atoms with van der Waals surface area (Å²) in [5, 5.41) is 18.9. The summed E-state index contributed by atoms with van der Waals surface area (Å²) in [6.45, 7) is 0. The van der Waals surface area contributed by atoms with Gasteiger partial charge in [-0.3, -0.25) is 8.51 Å². The lowest BCUT2D eigenvalue weighted by molar-refractivity contribution is 0.0693. The van der Waals surface area contributed by atoms with Gasteiger partial charge < -0.3 is 19.5 Å². The van der Waals surface area contributed by atoms with Crippen LogP contribution in [0.4, 0.5) is 15.8 Å². The zero-order valence-corrected chi connectivity index (χ0v) is 15.9. The summed E-state index contributed by atoms with van der Waals surface area (Å²) in [7, 11) is 1.34. The molecule has 0 aliphatic carbocycles. The molecule has 0 saturated carbocycles. The number of benzene rings is 3. The fourth-order valence-corrected chi connectivity index (χ4v) is 3.41. The van der Waals surface area contributed by atoms with Crippen LogP contribution in [0.1, 0.15) is 10.4 Å². The van der Waals surface area contributed by atoms with Gasteiger partial charge in [-0.15, -0.1) is 0 Å². The van der Waals surface area contributed by atoms with Crippen molar-refractivity contribution < 1.29 is 32.9 Å². The van der Waals surface area contributed by atoms with Crippen molar-refractivity contribution in [2.75, 3.05) is 11.4 Å². The van der Waals surface area contributed by atoms with Crippen molar-refractivity contribution in [3.05, 3.63) is 72.0 Å². The molecular weight excluding hydrogens is 401 g/mol. The third kappa shape index (κ3) is 4.05. The molecule has 3 rings (SSSR count). The molecular formula is C20H15FNO6S-. The van der Waals surface area contributed by atoms with E-state index in [0.717, 1.165) is 16.4 Å². The van der Waals surface area contributed by atoms with Crippen LogP contribution >= 0.6 is 0 Å². The van der Waals surface area contributed by atoms with E-state index < -0.39 is 28.8 Å². The van der Waals surface area contributed by atoms with E-state index >= 15 is 0 Å². The van der Waals surface area contributed by atoms with Gasteiger partial charge >= 0.3 is 5.97 Å². The van der Waals surface area contributed by atoms with Gasteiger partial charge in [-0.1, -0.05) is 24.3 Å². The average molecular weight is 416 g/mol. The van der Waals surface area contributed by atoms with Crippen LogP contribution in [0.25, 0.3) is 11.1 Å². The van der Waals surface area contributed by atoms with Crippen LogP contribution in [0.3, 0.4) is 0 Å². The van der Waals surface area contributed by atoms with Gasteiger partial charge in [-0.25, -0.2) is 9.18 Å². The largest absolute Gasteiger partial charge is 0.755 e. The van der Waals surface area contributed by atoms with Crippen LogP contribution < -0.4 is 9.04 Å². The maximum absolute atomic E-state index is 14.6. The summed E-state index contributed by atoms with van der Waals surface area (Å²) in [6, 6.07) is 14.1. The molecule has 0 spiro atoms. The molecule has 0 amide bonds. The molecule has 3 aromatic rings. The Bertz CT molecular complexity index is 1100. The first-order valence-corrected chi connectivity index (χ1v) is 9.25. The Kier molecular flexibility index (Phi) is 5.81. The summed E-state index contributed by atoms with van der Waals surface area (Å²) in [5.74, 6) is -2.48. The lowest BCUT2D eigenvalue weighted by Crippen LogP contribution is -2.19. The van der Waals surface area contributed by atoms with Crippen LogP contribution in [-0.2, 0) is 11.3 Å². The molecule has 0 aromatic heterocycles. The smallest absolute Gasteiger partial charge is 0.339 e. The number of carbonyl (C=O) groups is 1. The number of hydrogen-bond donors (Lipinski definition) is 2. The van der Waals surface area contributed by atoms with Gasteiger partial charge in [0.1, 0.15) is 11.3 Å². The molecule has 0 aliphatic heterocycles. The maximum atomic E-state index is 14.6. The average Bonchev–Trinajstić information content (AvgIpc) is 2.68. The number of hydrogen-bond acceptors (Lipinski definition) is 5. The van der Waals surface area contributed by atoms with Crippen molar-refractivity contribution in [2.45, 2.75) is 0 Å². The van der Waals surface area contributed by atoms with Gasteiger partial charge in [0.15, 0.2) is 11.6 Å². The van der Waals surface area contributed by atoms with Crippen LogP contribution in [0.15, 0.2) is 60.7 Å². The molecule has 0 fully saturated rings. The molecule has 150 valence electrons. The summed E-state index contributed by atoms with van der Waals surface area (Å²) in [5.41, 5.74) is 0.440. The zero-order chi connectivity index (χ0) is 21.1. The van der Waals surface area contributed by atoms with Crippen LogP contribution in [0.2, 0.25) is 0 Å². The molecule has 0 radical (unpaired) electrons. The number of nitrogens with zero attached hydrogens (tertiary/aromatic N) is 1. The van der Waals surface area contributed by atoms with E-state index in [1.165, 1.54) is 37.4 Å². The fourth-order valence-electron chi connectivity index (χ4n) is 2.84.